The van der Waals surface area contributed by atoms with E-state index >= 15 is 0 Å². The van der Waals surface area contributed by atoms with Gasteiger partial charge in [0.25, 0.3) is 0 Å². The van der Waals surface area contributed by atoms with Crippen molar-refractivity contribution in [2.75, 3.05) is 13.1 Å². The van der Waals surface area contributed by atoms with E-state index in [2.05, 4.69) is 17.0 Å². The van der Waals surface area contributed by atoms with Gasteiger partial charge in [-0.25, -0.2) is 13.1 Å². The van der Waals surface area contributed by atoms with E-state index in [-0.39, 0.29) is 18.4 Å². The van der Waals surface area contributed by atoms with Crippen molar-refractivity contribution in [2.24, 2.45) is 0 Å². The Morgan fingerprint density at radius 3 is 2.55 bits per heavy atom. The summed E-state index contributed by atoms with van der Waals surface area (Å²) in [7, 11) is -3.37. The second-order valence-electron chi connectivity index (χ2n) is 5.04. The molecule has 6 heteroatoms. The molecular weight excluding hydrogens is 296 g/mol. The highest BCUT2D eigenvalue weighted by Gasteiger charge is 2.18. The van der Waals surface area contributed by atoms with Crippen molar-refractivity contribution in [2.45, 2.75) is 43.5 Å². The molecule has 1 heterocycles. The number of rotatable bonds is 6. The number of nitrogens with one attached hydrogen (secondary N) is 2. The fourth-order valence-corrected chi connectivity index (χ4v) is 3.43. The number of aryl methyl sites for hydroxylation is 1. The molecule has 4 nitrogen and oxygen atoms in total. The lowest BCUT2D eigenvalue weighted by molar-refractivity contribution is 0.552. The van der Waals surface area contributed by atoms with Crippen LogP contribution in [0.5, 0.6) is 0 Å². The van der Waals surface area contributed by atoms with Gasteiger partial charge in [-0.3, -0.25) is 0 Å². The van der Waals surface area contributed by atoms with Gasteiger partial charge in [0.05, 0.1) is 4.90 Å². The van der Waals surface area contributed by atoms with E-state index in [4.69, 9.17) is 0 Å². The van der Waals surface area contributed by atoms with Crippen LogP contribution >= 0.6 is 12.4 Å². The van der Waals surface area contributed by atoms with Crippen molar-refractivity contribution in [1.29, 1.82) is 0 Å². The van der Waals surface area contributed by atoms with Crippen molar-refractivity contribution in [1.82, 2.24) is 10.0 Å². The fraction of sp³-hybridized carbons (Fsp3) is 0.571. The van der Waals surface area contributed by atoms with E-state index in [1.807, 2.05) is 12.1 Å². The minimum atomic E-state index is -3.37. The Balaban J connectivity index is 0.00000200. The Kier molecular flexibility index (Phi) is 6.95. The predicted molar refractivity (Wildman–Crippen MR) is 83.9 cm³/mol. The first kappa shape index (κ1) is 17.4. The van der Waals surface area contributed by atoms with Crippen LogP contribution in [0.25, 0.3) is 0 Å². The van der Waals surface area contributed by atoms with Gasteiger partial charge in [-0.2, -0.15) is 0 Å². The largest absolute Gasteiger partial charge is 0.313 e. The molecule has 1 saturated heterocycles. The molecule has 0 radical (unpaired) electrons. The van der Waals surface area contributed by atoms with Crippen LogP contribution in [0.4, 0.5) is 0 Å². The molecule has 0 amide bonds. The van der Waals surface area contributed by atoms with Crippen LogP contribution in [0.15, 0.2) is 29.2 Å². The van der Waals surface area contributed by atoms with Crippen molar-refractivity contribution in [3.05, 3.63) is 29.8 Å². The van der Waals surface area contributed by atoms with E-state index < -0.39 is 10.0 Å². The van der Waals surface area contributed by atoms with Crippen molar-refractivity contribution in [3.8, 4) is 0 Å². The topological polar surface area (TPSA) is 58.2 Å². The summed E-state index contributed by atoms with van der Waals surface area (Å²) in [4.78, 5) is 0.352. The van der Waals surface area contributed by atoms with Crippen LogP contribution in [0.2, 0.25) is 0 Å². The van der Waals surface area contributed by atoms with Crippen molar-refractivity contribution >= 4 is 22.4 Å². The molecular formula is C14H23ClN2O2S. The summed E-state index contributed by atoms with van der Waals surface area (Å²) in [6.45, 7) is 3.57. The molecule has 114 valence electrons. The Bertz CT molecular complexity index is 496. The lowest BCUT2D eigenvalue weighted by Crippen LogP contribution is -2.37. The minimum absolute atomic E-state index is 0. The SMILES string of the molecule is CCCc1ccc(S(=O)(=O)NCC2CCCN2)cc1.Cl. The zero-order valence-corrected chi connectivity index (χ0v) is 13.4. The van der Waals surface area contributed by atoms with Gasteiger partial charge in [-0.05, 0) is 43.5 Å². The fourth-order valence-electron chi connectivity index (χ4n) is 2.35. The average Bonchev–Trinajstić information content (AvgIpc) is 2.91. The molecule has 2 rings (SSSR count). The number of hydrogen-bond donors (Lipinski definition) is 2. The van der Waals surface area contributed by atoms with Crippen LogP contribution in [-0.2, 0) is 16.4 Å². The molecule has 2 N–H and O–H groups in total. The lowest BCUT2D eigenvalue weighted by Gasteiger charge is -2.12. The summed E-state index contributed by atoms with van der Waals surface area (Å²) in [6.07, 6.45) is 4.22. The third-order valence-electron chi connectivity index (χ3n) is 3.45. The average molecular weight is 319 g/mol. The third kappa shape index (κ3) is 4.74. The molecule has 0 bridgehead atoms. The molecule has 0 aliphatic carbocycles. The Hall–Kier alpha value is -0.620. The van der Waals surface area contributed by atoms with Gasteiger partial charge in [0.1, 0.15) is 0 Å². The van der Waals surface area contributed by atoms with E-state index in [1.54, 1.807) is 12.1 Å². The molecule has 1 unspecified atom stereocenters. The maximum Gasteiger partial charge on any atom is 0.240 e. The van der Waals surface area contributed by atoms with Gasteiger partial charge >= 0.3 is 0 Å². The molecule has 0 spiro atoms. The van der Waals surface area contributed by atoms with Crippen LogP contribution in [0, 0.1) is 0 Å². The van der Waals surface area contributed by atoms with Crippen LogP contribution in [0.1, 0.15) is 31.7 Å². The van der Waals surface area contributed by atoms with E-state index in [0.29, 0.717) is 11.4 Å². The molecule has 0 aromatic heterocycles. The van der Waals surface area contributed by atoms with Crippen LogP contribution < -0.4 is 10.0 Å². The molecule has 1 atom stereocenters. The molecule has 1 aromatic carbocycles. The number of halogens is 1. The highest BCUT2D eigenvalue weighted by Crippen LogP contribution is 2.12. The third-order valence-corrected chi connectivity index (χ3v) is 4.89. The van der Waals surface area contributed by atoms with Gasteiger partial charge in [0, 0.05) is 12.6 Å². The molecule has 20 heavy (non-hydrogen) atoms. The van der Waals surface area contributed by atoms with Crippen LogP contribution in [0.3, 0.4) is 0 Å². The molecule has 1 aliphatic heterocycles. The zero-order chi connectivity index (χ0) is 13.7. The maximum atomic E-state index is 12.1. The predicted octanol–water partition coefficient (Wildman–Crippen LogP) is 2.09. The number of hydrogen-bond acceptors (Lipinski definition) is 3. The second kappa shape index (κ2) is 7.98. The van der Waals surface area contributed by atoms with E-state index in [1.165, 1.54) is 5.56 Å². The summed E-state index contributed by atoms with van der Waals surface area (Å²) >= 11 is 0. The van der Waals surface area contributed by atoms with Gasteiger partial charge < -0.3 is 5.32 Å². The summed E-state index contributed by atoms with van der Waals surface area (Å²) in [5, 5.41) is 3.28. The minimum Gasteiger partial charge on any atom is -0.313 e. The molecule has 1 aliphatic rings. The highest BCUT2D eigenvalue weighted by atomic mass is 35.5. The van der Waals surface area contributed by atoms with Gasteiger partial charge in [-0.1, -0.05) is 25.5 Å². The Labute approximate surface area is 127 Å². The first-order valence-electron chi connectivity index (χ1n) is 6.94. The first-order chi connectivity index (χ1) is 9.12. The zero-order valence-electron chi connectivity index (χ0n) is 11.8. The van der Waals surface area contributed by atoms with Crippen molar-refractivity contribution in [3.63, 3.8) is 0 Å². The Morgan fingerprint density at radius 1 is 1.30 bits per heavy atom. The Morgan fingerprint density at radius 2 is 2.00 bits per heavy atom. The molecule has 1 fully saturated rings. The summed E-state index contributed by atoms with van der Waals surface area (Å²) in [6, 6.07) is 7.44. The normalized spacial score (nSPS) is 18.8. The monoisotopic (exact) mass is 318 g/mol. The maximum absolute atomic E-state index is 12.1. The quantitative estimate of drug-likeness (QED) is 0.844. The van der Waals surface area contributed by atoms with E-state index in [9.17, 15) is 8.42 Å². The van der Waals surface area contributed by atoms with Gasteiger partial charge in [0.15, 0.2) is 0 Å². The molecule has 0 saturated carbocycles. The lowest BCUT2D eigenvalue weighted by atomic mass is 10.1. The molecule has 1 aromatic rings. The van der Waals surface area contributed by atoms with Gasteiger partial charge in [-0.15, -0.1) is 12.4 Å². The van der Waals surface area contributed by atoms with Gasteiger partial charge in [0.2, 0.25) is 10.0 Å². The second-order valence-corrected chi connectivity index (χ2v) is 6.81. The van der Waals surface area contributed by atoms with Crippen LogP contribution in [-0.4, -0.2) is 27.5 Å². The smallest absolute Gasteiger partial charge is 0.240 e. The standard InChI is InChI=1S/C14H22N2O2S.ClH/c1-2-4-12-6-8-14(9-7-12)19(17,18)16-11-13-5-3-10-15-13;/h6-9,13,15-16H,2-5,10-11H2,1H3;1H. The van der Waals surface area contributed by atoms with Crippen molar-refractivity contribution < 1.29 is 8.42 Å². The highest BCUT2D eigenvalue weighted by molar-refractivity contribution is 7.89. The summed E-state index contributed by atoms with van der Waals surface area (Å²) in [5.74, 6) is 0. The van der Waals surface area contributed by atoms with E-state index in [0.717, 1.165) is 32.2 Å². The number of sulfonamides is 1. The summed E-state index contributed by atoms with van der Waals surface area (Å²) < 4.78 is 26.9. The first-order valence-corrected chi connectivity index (χ1v) is 8.42. The summed E-state index contributed by atoms with van der Waals surface area (Å²) in [5.41, 5.74) is 1.18. The number of benzene rings is 1.